The van der Waals surface area contributed by atoms with Gasteiger partial charge in [-0.05, 0) is 12.3 Å². The van der Waals surface area contributed by atoms with Crippen LogP contribution in [0.3, 0.4) is 0 Å². The van der Waals surface area contributed by atoms with E-state index in [-0.39, 0.29) is 12.3 Å². The lowest BCUT2D eigenvalue weighted by molar-refractivity contribution is -0.156. The first-order valence-corrected chi connectivity index (χ1v) is 6.22. The number of hydrogen-bond donors (Lipinski definition) is 5. The molecule has 0 saturated carbocycles. The van der Waals surface area contributed by atoms with E-state index in [1.165, 1.54) is 0 Å². The summed E-state index contributed by atoms with van der Waals surface area (Å²) in [6.45, 7) is 3.62. The van der Waals surface area contributed by atoms with Crippen LogP contribution in [-0.2, 0) is 14.4 Å². The maximum atomic E-state index is 11.8. The Kier molecular flexibility index (Phi) is 7.81. The number of nitrogens with zero attached hydrogens (tertiary/aromatic N) is 1. The number of hydrogen-bond acceptors (Lipinski definition) is 7. The van der Waals surface area contributed by atoms with Crippen molar-refractivity contribution in [3.63, 3.8) is 0 Å². The minimum Gasteiger partial charge on any atom is -0.762 e. The first kappa shape index (κ1) is 19.2. The predicted octanol–water partition coefficient (Wildman–Crippen LogP) is -1.04. The highest BCUT2D eigenvalue weighted by atomic mass is 16.8. The van der Waals surface area contributed by atoms with Crippen LogP contribution in [0.5, 0.6) is 0 Å². The monoisotopic (exact) mass is 306 g/mol. The van der Waals surface area contributed by atoms with E-state index in [0.717, 1.165) is 0 Å². The van der Waals surface area contributed by atoms with Crippen molar-refractivity contribution >= 4 is 17.8 Å². The van der Waals surface area contributed by atoms with Crippen LogP contribution in [-0.4, -0.2) is 56.6 Å². The van der Waals surface area contributed by atoms with Gasteiger partial charge in [-0.25, -0.2) is 4.79 Å². The Morgan fingerprint density at radius 3 is 2.14 bits per heavy atom. The fourth-order valence-electron chi connectivity index (χ4n) is 1.70. The molecule has 0 spiro atoms. The molecule has 0 heterocycles. The summed E-state index contributed by atoms with van der Waals surface area (Å²) in [6, 6.07) is -4.76. The third-order valence-electron chi connectivity index (χ3n) is 2.68. The van der Waals surface area contributed by atoms with Gasteiger partial charge in [0.05, 0.1) is 18.5 Å². The molecule has 0 aromatic heterocycles. The van der Waals surface area contributed by atoms with Gasteiger partial charge in [0.2, 0.25) is 5.91 Å². The van der Waals surface area contributed by atoms with Gasteiger partial charge in [-0.15, -0.1) is 0 Å². The summed E-state index contributed by atoms with van der Waals surface area (Å²) in [4.78, 5) is 33.4. The maximum Gasteiger partial charge on any atom is 0.327 e. The van der Waals surface area contributed by atoms with Crippen molar-refractivity contribution in [3.8, 4) is 0 Å². The second-order valence-electron chi connectivity index (χ2n) is 5.03. The Balaban J connectivity index is 5.00. The first-order valence-electron chi connectivity index (χ1n) is 6.22. The molecule has 21 heavy (non-hydrogen) atoms. The molecule has 0 aliphatic rings. The number of carbonyl (C=O) groups excluding carboxylic acids is 1. The number of nitrogens with two attached hydrogens (primary N) is 1. The molecular weight excluding hydrogens is 286 g/mol. The van der Waals surface area contributed by atoms with E-state index >= 15 is 0 Å². The van der Waals surface area contributed by atoms with Gasteiger partial charge in [-0.2, -0.15) is 0 Å². The average Bonchev–Trinajstić information content (AvgIpc) is 2.31. The molecule has 1 amide bonds. The molecule has 0 bridgehead atoms. The molecule has 0 aliphatic heterocycles. The van der Waals surface area contributed by atoms with Crippen LogP contribution in [0.15, 0.2) is 0 Å². The van der Waals surface area contributed by atoms with Crippen LogP contribution in [0, 0.1) is 11.1 Å². The molecule has 3 atom stereocenters. The minimum absolute atomic E-state index is 0.0812. The van der Waals surface area contributed by atoms with Crippen LogP contribution in [0.25, 0.3) is 0 Å². The molecule has 0 aromatic carbocycles. The zero-order chi connectivity index (χ0) is 16.7. The van der Waals surface area contributed by atoms with E-state index in [1.807, 2.05) is 19.2 Å². The van der Waals surface area contributed by atoms with Crippen molar-refractivity contribution in [3.05, 3.63) is 5.21 Å². The lowest BCUT2D eigenvalue weighted by Gasteiger charge is -2.34. The molecule has 6 N–H and O–H groups in total. The van der Waals surface area contributed by atoms with E-state index < -0.39 is 47.6 Å². The van der Waals surface area contributed by atoms with Crippen molar-refractivity contribution in [2.75, 3.05) is 0 Å². The smallest absolute Gasteiger partial charge is 0.327 e. The Morgan fingerprint density at radius 1 is 1.29 bits per heavy atom. The molecule has 0 aliphatic carbocycles. The normalized spacial score (nSPS) is 15.6. The molecule has 0 fully saturated rings. The third kappa shape index (κ3) is 6.99. The number of nitrogens with one attached hydrogen (secondary N) is 1. The quantitative estimate of drug-likeness (QED) is 0.333. The predicted molar refractivity (Wildman–Crippen MR) is 70.0 cm³/mol. The average molecular weight is 306 g/mol. The topological polar surface area (TPSA) is 176 Å². The molecule has 0 saturated heterocycles. The third-order valence-corrected chi connectivity index (χ3v) is 2.68. The molecular formula is C11H20N3O7-. The highest BCUT2D eigenvalue weighted by Gasteiger charge is 2.33. The second-order valence-corrected chi connectivity index (χ2v) is 5.03. The highest BCUT2D eigenvalue weighted by molar-refractivity contribution is 5.87. The summed E-state index contributed by atoms with van der Waals surface area (Å²) in [5, 5.41) is 38.6. The summed E-state index contributed by atoms with van der Waals surface area (Å²) < 4.78 is 0. The largest absolute Gasteiger partial charge is 0.762 e. The Bertz CT molecular complexity index is 386. The van der Waals surface area contributed by atoms with Crippen LogP contribution >= 0.6 is 0 Å². The lowest BCUT2D eigenvalue weighted by atomic mass is 10.0. The minimum atomic E-state index is -1.89. The number of carboxylic acid groups (broad SMARTS) is 2. The summed E-state index contributed by atoms with van der Waals surface area (Å²) in [5.74, 6) is -3.91. The highest BCUT2D eigenvalue weighted by Crippen LogP contribution is 2.09. The molecule has 0 radical (unpaired) electrons. The van der Waals surface area contributed by atoms with Crippen molar-refractivity contribution in [2.24, 2.45) is 11.7 Å². The molecule has 0 aromatic rings. The van der Waals surface area contributed by atoms with Crippen molar-refractivity contribution < 1.29 is 29.8 Å². The summed E-state index contributed by atoms with van der Waals surface area (Å²) in [7, 11) is 0. The van der Waals surface area contributed by atoms with Gasteiger partial charge in [0.1, 0.15) is 6.04 Å². The maximum absolute atomic E-state index is 11.8. The van der Waals surface area contributed by atoms with Crippen molar-refractivity contribution in [2.45, 2.75) is 44.8 Å². The number of carboxylic acids is 2. The number of hydroxylamine groups is 2. The molecule has 0 rings (SSSR count). The van der Waals surface area contributed by atoms with Crippen LogP contribution < -0.4 is 11.1 Å². The van der Waals surface area contributed by atoms with Gasteiger partial charge in [-0.3, -0.25) is 14.8 Å². The fraction of sp³-hybridized carbons (Fsp3) is 0.727. The van der Waals surface area contributed by atoms with Gasteiger partial charge < -0.3 is 31.7 Å². The van der Waals surface area contributed by atoms with Gasteiger partial charge in [0.25, 0.3) is 0 Å². The molecule has 122 valence electrons. The van der Waals surface area contributed by atoms with E-state index in [2.05, 4.69) is 0 Å². The summed E-state index contributed by atoms with van der Waals surface area (Å²) in [5.41, 5.74) is 5.57. The summed E-state index contributed by atoms with van der Waals surface area (Å²) in [6.07, 6.45) is -0.682. The number of carbonyl (C=O) groups is 3. The standard InChI is InChI=1S/C11H20N3O7/c1-5(2)3-6(12)10(17)13-9(11(18)19)7(14(20)21)4-8(15)16/h5-7,9,20H,3-4,12H2,1-2H3,(H,13,17)(H,15,16)(H,18,19)/q-1/t6-,7+,9-/m0/s1. The molecule has 10 heteroatoms. The van der Waals surface area contributed by atoms with Gasteiger partial charge in [0, 0.05) is 0 Å². The Morgan fingerprint density at radius 2 is 1.81 bits per heavy atom. The number of aliphatic carboxylic acids is 2. The van der Waals surface area contributed by atoms with Crippen molar-refractivity contribution in [1.29, 1.82) is 0 Å². The summed E-state index contributed by atoms with van der Waals surface area (Å²) >= 11 is 0. The second kappa shape index (κ2) is 8.52. The molecule has 0 unspecified atom stereocenters. The first-order chi connectivity index (χ1) is 9.56. The zero-order valence-electron chi connectivity index (χ0n) is 11.7. The van der Waals surface area contributed by atoms with E-state index in [4.69, 9.17) is 21.2 Å². The zero-order valence-corrected chi connectivity index (χ0v) is 11.7. The van der Waals surface area contributed by atoms with Crippen molar-refractivity contribution in [1.82, 2.24) is 10.5 Å². The van der Waals surface area contributed by atoms with Crippen LogP contribution in [0.4, 0.5) is 0 Å². The lowest BCUT2D eigenvalue weighted by Crippen LogP contribution is -2.57. The van der Waals surface area contributed by atoms with Gasteiger partial charge in [0.15, 0.2) is 0 Å². The Labute approximate surface area is 121 Å². The number of amides is 1. The Hall–Kier alpha value is -1.75. The van der Waals surface area contributed by atoms with Gasteiger partial charge >= 0.3 is 11.9 Å². The van der Waals surface area contributed by atoms with E-state index in [1.54, 1.807) is 0 Å². The fourth-order valence-corrected chi connectivity index (χ4v) is 1.70. The van der Waals surface area contributed by atoms with Crippen LogP contribution in [0.1, 0.15) is 26.7 Å². The number of rotatable bonds is 9. The SMILES string of the molecule is CC(C)C[C@H](N)C(=O)N[C@H](C(=O)O)[C@@H](CC(=O)O)N([O-])O. The molecule has 10 nitrogen and oxygen atoms in total. The van der Waals surface area contributed by atoms with E-state index in [9.17, 15) is 19.6 Å². The van der Waals surface area contributed by atoms with Gasteiger partial charge in [-0.1, -0.05) is 13.8 Å². The van der Waals surface area contributed by atoms with E-state index in [0.29, 0.717) is 0 Å². The van der Waals surface area contributed by atoms with Crippen LogP contribution in [0.2, 0.25) is 0 Å².